The molecule has 1 aromatic rings. The molecule has 0 aliphatic heterocycles. The quantitative estimate of drug-likeness (QED) is 0.795. The number of fused-ring (bicyclic) bond motifs is 1. The minimum Gasteiger partial charge on any atom is -0.383 e. The molecule has 3 nitrogen and oxygen atoms in total. The lowest BCUT2D eigenvalue weighted by atomic mass is 10.0. The van der Waals surface area contributed by atoms with E-state index >= 15 is 0 Å². The topological polar surface area (TPSA) is 26.2 Å². The van der Waals surface area contributed by atoms with E-state index in [0.29, 0.717) is 6.04 Å². The summed E-state index contributed by atoms with van der Waals surface area (Å²) >= 11 is 0. The van der Waals surface area contributed by atoms with Crippen molar-refractivity contribution in [3.05, 3.63) is 23.5 Å². The molecule has 0 bridgehead atoms. The van der Waals surface area contributed by atoms with E-state index in [2.05, 4.69) is 29.2 Å². The highest BCUT2D eigenvalue weighted by atomic mass is 16.5. The Kier molecular flexibility index (Phi) is 4.63. The molecule has 0 aromatic carbocycles. The Balaban J connectivity index is 2.14. The first-order chi connectivity index (χ1) is 8.35. The SMILES string of the molecule is CCNC1CCCCc2cn(CCOC)cc21. The maximum absolute atomic E-state index is 5.14. The molecule has 1 N–H and O–H groups in total. The Morgan fingerprint density at radius 3 is 3.06 bits per heavy atom. The van der Waals surface area contributed by atoms with Crippen LogP contribution in [0.5, 0.6) is 0 Å². The van der Waals surface area contributed by atoms with Crippen molar-refractivity contribution in [1.82, 2.24) is 9.88 Å². The highest BCUT2D eigenvalue weighted by Gasteiger charge is 2.19. The van der Waals surface area contributed by atoms with Gasteiger partial charge in [0.15, 0.2) is 0 Å². The highest BCUT2D eigenvalue weighted by molar-refractivity contribution is 5.29. The summed E-state index contributed by atoms with van der Waals surface area (Å²) in [4.78, 5) is 0. The molecule has 17 heavy (non-hydrogen) atoms. The first-order valence-electron chi connectivity index (χ1n) is 6.76. The molecule has 1 aromatic heterocycles. The van der Waals surface area contributed by atoms with E-state index in [9.17, 15) is 0 Å². The van der Waals surface area contributed by atoms with E-state index in [1.54, 1.807) is 7.11 Å². The smallest absolute Gasteiger partial charge is 0.0641 e. The minimum absolute atomic E-state index is 0.557. The molecular formula is C14H24N2O. The molecule has 0 saturated carbocycles. The van der Waals surface area contributed by atoms with Crippen molar-refractivity contribution >= 4 is 0 Å². The summed E-state index contributed by atoms with van der Waals surface area (Å²) in [5.41, 5.74) is 3.05. The lowest BCUT2D eigenvalue weighted by Gasteiger charge is -2.15. The van der Waals surface area contributed by atoms with Gasteiger partial charge >= 0.3 is 0 Å². The molecule has 2 rings (SSSR count). The van der Waals surface area contributed by atoms with Crippen LogP contribution in [0.3, 0.4) is 0 Å². The maximum Gasteiger partial charge on any atom is 0.0641 e. The zero-order valence-electron chi connectivity index (χ0n) is 11.0. The summed E-state index contributed by atoms with van der Waals surface area (Å²) in [6.07, 6.45) is 9.79. The van der Waals surface area contributed by atoms with E-state index in [-0.39, 0.29) is 0 Å². The number of methoxy groups -OCH3 is 1. The van der Waals surface area contributed by atoms with Gasteiger partial charge in [-0.3, -0.25) is 0 Å². The third-order valence-electron chi connectivity index (χ3n) is 3.57. The van der Waals surface area contributed by atoms with Crippen molar-refractivity contribution in [2.45, 2.75) is 45.2 Å². The fourth-order valence-corrected chi connectivity index (χ4v) is 2.70. The molecule has 0 fully saturated rings. The van der Waals surface area contributed by atoms with Crippen LogP contribution in [-0.4, -0.2) is 24.8 Å². The Bertz CT molecular complexity index is 346. The lowest BCUT2D eigenvalue weighted by Crippen LogP contribution is -2.20. The Morgan fingerprint density at radius 2 is 2.29 bits per heavy atom. The summed E-state index contributed by atoms with van der Waals surface area (Å²) < 4.78 is 7.42. The monoisotopic (exact) mass is 236 g/mol. The number of hydrogen-bond acceptors (Lipinski definition) is 2. The van der Waals surface area contributed by atoms with E-state index < -0.39 is 0 Å². The van der Waals surface area contributed by atoms with Crippen LogP contribution in [-0.2, 0) is 17.7 Å². The molecule has 1 atom stereocenters. The number of hydrogen-bond donors (Lipinski definition) is 1. The van der Waals surface area contributed by atoms with Crippen LogP contribution < -0.4 is 5.32 Å². The normalized spacial score (nSPS) is 20.0. The molecule has 0 radical (unpaired) electrons. The molecule has 1 heterocycles. The van der Waals surface area contributed by atoms with Crippen LogP contribution in [0.25, 0.3) is 0 Å². The van der Waals surface area contributed by atoms with Gasteiger partial charge in [-0.25, -0.2) is 0 Å². The van der Waals surface area contributed by atoms with E-state index in [1.807, 2.05) is 0 Å². The maximum atomic E-state index is 5.14. The predicted octanol–water partition coefficient (Wildman–Crippen LogP) is 2.51. The second kappa shape index (κ2) is 6.22. The van der Waals surface area contributed by atoms with Gasteiger partial charge in [0.25, 0.3) is 0 Å². The van der Waals surface area contributed by atoms with Gasteiger partial charge in [0.05, 0.1) is 6.61 Å². The number of aryl methyl sites for hydroxylation is 1. The number of rotatable bonds is 5. The van der Waals surface area contributed by atoms with Crippen molar-refractivity contribution in [1.29, 1.82) is 0 Å². The van der Waals surface area contributed by atoms with Crippen LogP contribution in [0.4, 0.5) is 0 Å². The predicted molar refractivity (Wildman–Crippen MR) is 70.3 cm³/mol. The molecule has 0 saturated heterocycles. The molecule has 1 unspecified atom stereocenters. The second-order valence-electron chi connectivity index (χ2n) is 4.83. The van der Waals surface area contributed by atoms with E-state index in [1.165, 1.54) is 36.8 Å². The van der Waals surface area contributed by atoms with Crippen LogP contribution in [0, 0.1) is 0 Å². The van der Waals surface area contributed by atoms with Crippen molar-refractivity contribution in [3.8, 4) is 0 Å². The van der Waals surface area contributed by atoms with Crippen LogP contribution in [0.1, 0.15) is 43.4 Å². The largest absolute Gasteiger partial charge is 0.383 e. The molecule has 0 spiro atoms. The third-order valence-corrected chi connectivity index (χ3v) is 3.57. The number of nitrogens with zero attached hydrogens (tertiary/aromatic N) is 1. The first kappa shape index (κ1) is 12.7. The van der Waals surface area contributed by atoms with E-state index in [4.69, 9.17) is 4.74 Å². The van der Waals surface area contributed by atoms with Gasteiger partial charge in [-0.2, -0.15) is 0 Å². The molecule has 1 aliphatic rings. The van der Waals surface area contributed by atoms with Crippen LogP contribution in [0.2, 0.25) is 0 Å². The van der Waals surface area contributed by atoms with Crippen molar-refractivity contribution < 1.29 is 4.74 Å². The number of aromatic nitrogens is 1. The molecule has 0 amide bonds. The molecule has 1 aliphatic carbocycles. The number of ether oxygens (including phenoxy) is 1. The summed E-state index contributed by atoms with van der Waals surface area (Å²) in [5, 5.41) is 3.61. The zero-order chi connectivity index (χ0) is 12.1. The Hall–Kier alpha value is -0.800. The molecule has 96 valence electrons. The number of nitrogens with one attached hydrogen (secondary N) is 1. The summed E-state index contributed by atoms with van der Waals surface area (Å²) in [6, 6.07) is 0.557. The second-order valence-corrected chi connectivity index (χ2v) is 4.83. The standard InChI is InChI=1S/C14H24N2O/c1-3-15-14-7-5-4-6-12-10-16(8-9-17-2)11-13(12)14/h10-11,14-15H,3-9H2,1-2H3. The molecular weight excluding hydrogens is 212 g/mol. The summed E-state index contributed by atoms with van der Waals surface area (Å²) in [7, 11) is 1.76. The third kappa shape index (κ3) is 3.11. The van der Waals surface area contributed by atoms with Crippen LogP contribution >= 0.6 is 0 Å². The average molecular weight is 236 g/mol. The summed E-state index contributed by atoms with van der Waals surface area (Å²) in [5.74, 6) is 0. The zero-order valence-corrected chi connectivity index (χ0v) is 11.0. The van der Waals surface area contributed by atoms with Crippen molar-refractivity contribution in [3.63, 3.8) is 0 Å². The van der Waals surface area contributed by atoms with Gasteiger partial charge in [-0.05, 0) is 36.9 Å². The Labute approximate surface area is 104 Å². The van der Waals surface area contributed by atoms with Crippen molar-refractivity contribution in [2.24, 2.45) is 0 Å². The van der Waals surface area contributed by atoms with Gasteiger partial charge in [-0.15, -0.1) is 0 Å². The van der Waals surface area contributed by atoms with Gasteiger partial charge in [0.2, 0.25) is 0 Å². The first-order valence-corrected chi connectivity index (χ1v) is 6.76. The fourth-order valence-electron chi connectivity index (χ4n) is 2.70. The lowest BCUT2D eigenvalue weighted by molar-refractivity contribution is 0.187. The highest BCUT2D eigenvalue weighted by Crippen LogP contribution is 2.29. The van der Waals surface area contributed by atoms with E-state index in [0.717, 1.165) is 19.7 Å². The summed E-state index contributed by atoms with van der Waals surface area (Å²) in [6.45, 7) is 4.99. The van der Waals surface area contributed by atoms with Gasteiger partial charge in [0.1, 0.15) is 0 Å². The fraction of sp³-hybridized carbons (Fsp3) is 0.714. The average Bonchev–Trinajstić information content (AvgIpc) is 2.65. The van der Waals surface area contributed by atoms with Gasteiger partial charge < -0.3 is 14.6 Å². The minimum atomic E-state index is 0.557. The Morgan fingerprint density at radius 1 is 1.41 bits per heavy atom. The van der Waals surface area contributed by atoms with Gasteiger partial charge in [0, 0.05) is 32.1 Å². The molecule has 3 heteroatoms. The van der Waals surface area contributed by atoms with Crippen molar-refractivity contribution in [2.75, 3.05) is 20.3 Å². The van der Waals surface area contributed by atoms with Crippen LogP contribution in [0.15, 0.2) is 12.4 Å². The van der Waals surface area contributed by atoms with Gasteiger partial charge in [-0.1, -0.05) is 13.3 Å².